The molecule has 2 heterocycles. The summed E-state index contributed by atoms with van der Waals surface area (Å²) in [6, 6.07) is 5.84. The lowest BCUT2D eigenvalue weighted by Crippen LogP contribution is -1.97. The highest BCUT2D eigenvalue weighted by Gasteiger charge is 2.10. The minimum Gasteiger partial charge on any atom is -0.481 e. The smallest absolute Gasteiger partial charge is 0.303 e. The first-order chi connectivity index (χ1) is 9.24. The van der Waals surface area contributed by atoms with Crippen molar-refractivity contribution in [3.8, 4) is 11.3 Å². The molecule has 0 unspecified atom stereocenters. The number of aromatic amines is 2. The Hall–Kier alpha value is -2.63. The van der Waals surface area contributed by atoms with E-state index in [2.05, 4.69) is 20.2 Å². The Bertz CT molecular complexity index is 729. The summed E-state index contributed by atoms with van der Waals surface area (Å²) in [5.41, 5.74) is 4.57. The fraction of sp³-hybridized carbons (Fsp3) is 0.154. The molecule has 3 rings (SSSR count). The second-order valence-electron chi connectivity index (χ2n) is 4.30. The van der Waals surface area contributed by atoms with Crippen molar-refractivity contribution in [2.45, 2.75) is 12.8 Å². The standard InChI is InChI=1S/C13H12N4O2/c18-12(19)4-2-9-6-16-17-13(9)8-1-3-10-11(5-8)15-7-14-10/h1,3,5-7H,2,4H2,(H,14,15)(H,16,17)(H,18,19). The molecule has 0 amide bonds. The zero-order valence-electron chi connectivity index (χ0n) is 10.1. The van der Waals surface area contributed by atoms with Crippen LogP contribution in [-0.2, 0) is 11.2 Å². The summed E-state index contributed by atoms with van der Waals surface area (Å²) < 4.78 is 0. The van der Waals surface area contributed by atoms with Gasteiger partial charge in [0.2, 0.25) is 0 Å². The van der Waals surface area contributed by atoms with Gasteiger partial charge in [0.15, 0.2) is 0 Å². The number of carboxylic acid groups (broad SMARTS) is 1. The number of H-pyrrole nitrogens is 2. The predicted octanol–water partition coefficient (Wildman–Crippen LogP) is 1.97. The average molecular weight is 256 g/mol. The van der Waals surface area contributed by atoms with Crippen LogP contribution in [0.1, 0.15) is 12.0 Å². The first kappa shape index (κ1) is 11.5. The van der Waals surface area contributed by atoms with Crippen LogP contribution in [0.3, 0.4) is 0 Å². The van der Waals surface area contributed by atoms with E-state index >= 15 is 0 Å². The maximum Gasteiger partial charge on any atom is 0.303 e. The molecule has 0 saturated heterocycles. The quantitative estimate of drug-likeness (QED) is 0.665. The second-order valence-corrected chi connectivity index (χ2v) is 4.30. The van der Waals surface area contributed by atoms with Gasteiger partial charge in [0.1, 0.15) is 0 Å². The molecule has 19 heavy (non-hydrogen) atoms. The number of benzene rings is 1. The number of aromatic nitrogens is 4. The van der Waals surface area contributed by atoms with Gasteiger partial charge in [-0.1, -0.05) is 6.07 Å². The van der Waals surface area contributed by atoms with Crippen LogP contribution in [0, 0.1) is 0 Å². The molecule has 6 nitrogen and oxygen atoms in total. The Balaban J connectivity index is 1.96. The second kappa shape index (κ2) is 4.56. The van der Waals surface area contributed by atoms with Crippen molar-refractivity contribution in [3.05, 3.63) is 36.3 Å². The van der Waals surface area contributed by atoms with Crippen molar-refractivity contribution >= 4 is 17.0 Å². The third-order valence-electron chi connectivity index (χ3n) is 3.03. The van der Waals surface area contributed by atoms with Crippen molar-refractivity contribution in [2.24, 2.45) is 0 Å². The van der Waals surface area contributed by atoms with Crippen LogP contribution in [0.4, 0.5) is 0 Å². The topological polar surface area (TPSA) is 94.7 Å². The molecule has 0 atom stereocenters. The van der Waals surface area contributed by atoms with Crippen LogP contribution in [0.15, 0.2) is 30.7 Å². The molecule has 3 aromatic rings. The van der Waals surface area contributed by atoms with Gasteiger partial charge >= 0.3 is 5.97 Å². The van der Waals surface area contributed by atoms with Gasteiger partial charge in [0, 0.05) is 12.0 Å². The third-order valence-corrected chi connectivity index (χ3v) is 3.03. The summed E-state index contributed by atoms with van der Waals surface area (Å²) >= 11 is 0. The molecule has 0 aliphatic carbocycles. The lowest BCUT2D eigenvalue weighted by molar-refractivity contribution is -0.136. The summed E-state index contributed by atoms with van der Waals surface area (Å²) in [7, 11) is 0. The van der Waals surface area contributed by atoms with Crippen LogP contribution in [-0.4, -0.2) is 31.2 Å². The molecule has 3 N–H and O–H groups in total. The summed E-state index contributed by atoms with van der Waals surface area (Å²) in [6.45, 7) is 0. The molecule has 1 aromatic carbocycles. The third kappa shape index (κ3) is 2.20. The van der Waals surface area contributed by atoms with Gasteiger partial charge in [-0.3, -0.25) is 9.89 Å². The molecule has 0 bridgehead atoms. The number of rotatable bonds is 4. The molecule has 0 saturated carbocycles. The molecular weight excluding hydrogens is 244 g/mol. The monoisotopic (exact) mass is 256 g/mol. The average Bonchev–Trinajstić information content (AvgIpc) is 3.04. The lowest BCUT2D eigenvalue weighted by Gasteiger charge is -2.02. The van der Waals surface area contributed by atoms with E-state index in [1.807, 2.05) is 18.2 Å². The molecule has 6 heteroatoms. The van der Waals surface area contributed by atoms with Gasteiger partial charge in [-0.05, 0) is 24.1 Å². The largest absolute Gasteiger partial charge is 0.481 e. The van der Waals surface area contributed by atoms with Crippen LogP contribution in [0.5, 0.6) is 0 Å². The van der Waals surface area contributed by atoms with E-state index in [9.17, 15) is 4.79 Å². The zero-order chi connectivity index (χ0) is 13.2. The van der Waals surface area contributed by atoms with Gasteiger partial charge in [0.25, 0.3) is 0 Å². The predicted molar refractivity (Wildman–Crippen MR) is 69.6 cm³/mol. The van der Waals surface area contributed by atoms with Crippen LogP contribution in [0.2, 0.25) is 0 Å². The first-order valence-electron chi connectivity index (χ1n) is 5.91. The molecular formula is C13H12N4O2. The molecule has 0 aliphatic rings. The highest BCUT2D eigenvalue weighted by molar-refractivity contribution is 5.81. The Morgan fingerprint density at radius 2 is 2.26 bits per heavy atom. The first-order valence-corrected chi connectivity index (χ1v) is 5.91. The summed E-state index contributed by atoms with van der Waals surface area (Å²) in [5, 5.41) is 15.7. The summed E-state index contributed by atoms with van der Waals surface area (Å²) in [4.78, 5) is 17.9. The Labute approximate surface area is 108 Å². The number of imidazole rings is 1. The summed E-state index contributed by atoms with van der Waals surface area (Å²) in [5.74, 6) is -0.809. The minimum atomic E-state index is -0.809. The van der Waals surface area contributed by atoms with E-state index in [1.54, 1.807) is 12.5 Å². The molecule has 96 valence electrons. The van der Waals surface area contributed by atoms with Gasteiger partial charge < -0.3 is 10.1 Å². The van der Waals surface area contributed by atoms with E-state index in [-0.39, 0.29) is 6.42 Å². The molecule has 0 radical (unpaired) electrons. The fourth-order valence-corrected chi connectivity index (χ4v) is 2.08. The SMILES string of the molecule is O=C(O)CCc1cn[nH]c1-c1ccc2nc[nH]c2c1. The van der Waals surface area contributed by atoms with E-state index in [0.29, 0.717) is 6.42 Å². The molecule has 0 fully saturated rings. The number of fused-ring (bicyclic) bond motifs is 1. The van der Waals surface area contributed by atoms with E-state index in [1.165, 1.54) is 0 Å². The normalized spacial score (nSPS) is 10.9. The maximum atomic E-state index is 10.6. The van der Waals surface area contributed by atoms with Crippen molar-refractivity contribution in [1.82, 2.24) is 20.2 Å². The number of carboxylic acids is 1. The lowest BCUT2D eigenvalue weighted by atomic mass is 10.0. The fourth-order valence-electron chi connectivity index (χ4n) is 2.08. The molecule has 0 aliphatic heterocycles. The van der Waals surface area contributed by atoms with Crippen LogP contribution in [0.25, 0.3) is 22.3 Å². The van der Waals surface area contributed by atoms with Crippen molar-refractivity contribution in [3.63, 3.8) is 0 Å². The Kier molecular flexibility index (Phi) is 2.75. The number of hydrogen-bond acceptors (Lipinski definition) is 3. The number of nitrogens with one attached hydrogen (secondary N) is 2. The Morgan fingerprint density at radius 3 is 3.11 bits per heavy atom. The van der Waals surface area contributed by atoms with E-state index in [0.717, 1.165) is 27.9 Å². The summed E-state index contributed by atoms with van der Waals surface area (Å²) in [6.07, 6.45) is 3.88. The number of aliphatic carboxylic acids is 1. The van der Waals surface area contributed by atoms with Gasteiger partial charge in [-0.2, -0.15) is 5.10 Å². The molecule has 2 aromatic heterocycles. The van der Waals surface area contributed by atoms with Gasteiger partial charge in [-0.25, -0.2) is 4.98 Å². The minimum absolute atomic E-state index is 0.0961. The Morgan fingerprint density at radius 1 is 1.37 bits per heavy atom. The molecule has 0 spiro atoms. The van der Waals surface area contributed by atoms with Crippen molar-refractivity contribution in [2.75, 3.05) is 0 Å². The number of hydrogen-bond donors (Lipinski definition) is 3. The number of carbonyl (C=O) groups is 1. The van der Waals surface area contributed by atoms with Crippen molar-refractivity contribution < 1.29 is 9.90 Å². The van der Waals surface area contributed by atoms with Crippen LogP contribution >= 0.6 is 0 Å². The zero-order valence-corrected chi connectivity index (χ0v) is 10.1. The van der Waals surface area contributed by atoms with Gasteiger partial charge in [0.05, 0.1) is 29.3 Å². The van der Waals surface area contributed by atoms with Gasteiger partial charge in [-0.15, -0.1) is 0 Å². The van der Waals surface area contributed by atoms with Crippen molar-refractivity contribution in [1.29, 1.82) is 0 Å². The number of nitrogens with zero attached hydrogens (tertiary/aromatic N) is 2. The maximum absolute atomic E-state index is 10.6. The highest BCUT2D eigenvalue weighted by Crippen LogP contribution is 2.24. The van der Waals surface area contributed by atoms with E-state index < -0.39 is 5.97 Å². The highest BCUT2D eigenvalue weighted by atomic mass is 16.4. The van der Waals surface area contributed by atoms with E-state index in [4.69, 9.17) is 5.11 Å². The van der Waals surface area contributed by atoms with Crippen LogP contribution < -0.4 is 0 Å². The number of aryl methyl sites for hydroxylation is 1.